The molecule has 28 heavy (non-hydrogen) atoms. The van der Waals surface area contributed by atoms with Crippen LogP contribution in [0.4, 0.5) is 0 Å². The van der Waals surface area contributed by atoms with E-state index in [1.54, 1.807) is 0 Å². The maximum absolute atomic E-state index is 13.2. The average Bonchev–Trinajstić information content (AvgIpc) is 2.68. The van der Waals surface area contributed by atoms with Gasteiger partial charge in [-0.1, -0.05) is 25.0 Å². The highest BCUT2D eigenvalue weighted by Crippen LogP contribution is 2.22. The molecular weight excluding hydrogens is 352 g/mol. The number of pyridine rings is 1. The summed E-state index contributed by atoms with van der Waals surface area (Å²) in [7, 11) is 0. The molecule has 1 fully saturated rings. The SMILES string of the molecule is CCCCNC(=O)CN1CCN(C(=O)c2cc(C)nc3ccc(C)cc23)CC1. The summed E-state index contributed by atoms with van der Waals surface area (Å²) in [6, 6.07) is 7.92. The molecule has 0 aliphatic carbocycles. The standard InChI is InChI=1S/C22H30N4O2/c1-4-5-8-23-21(27)15-25-9-11-26(12-10-25)22(28)19-14-17(3)24-20-7-6-16(2)13-18(19)20/h6-7,13-14H,4-5,8-12,15H2,1-3H3,(H,23,27). The summed E-state index contributed by atoms with van der Waals surface area (Å²) in [6.07, 6.45) is 2.08. The highest BCUT2D eigenvalue weighted by molar-refractivity contribution is 6.06. The van der Waals surface area contributed by atoms with Gasteiger partial charge < -0.3 is 10.2 Å². The number of aryl methyl sites for hydroxylation is 2. The molecule has 1 aliphatic rings. The van der Waals surface area contributed by atoms with Crippen LogP contribution in [0.25, 0.3) is 10.9 Å². The van der Waals surface area contributed by atoms with Gasteiger partial charge in [-0.05, 0) is 38.5 Å². The maximum atomic E-state index is 13.2. The van der Waals surface area contributed by atoms with Crippen molar-refractivity contribution in [1.82, 2.24) is 20.1 Å². The number of hydrogen-bond acceptors (Lipinski definition) is 4. The van der Waals surface area contributed by atoms with E-state index in [0.29, 0.717) is 32.7 Å². The van der Waals surface area contributed by atoms with Gasteiger partial charge in [0.15, 0.2) is 0 Å². The number of rotatable bonds is 6. The van der Waals surface area contributed by atoms with Crippen LogP contribution in [0, 0.1) is 13.8 Å². The Morgan fingerprint density at radius 1 is 1.11 bits per heavy atom. The number of carbonyl (C=O) groups excluding carboxylic acids is 2. The van der Waals surface area contributed by atoms with Crippen LogP contribution in [-0.4, -0.2) is 65.9 Å². The number of piperazine rings is 1. The largest absolute Gasteiger partial charge is 0.355 e. The molecule has 6 heteroatoms. The zero-order valence-electron chi connectivity index (χ0n) is 17.1. The fraction of sp³-hybridized carbons (Fsp3) is 0.500. The van der Waals surface area contributed by atoms with Gasteiger partial charge in [-0.25, -0.2) is 0 Å². The van der Waals surface area contributed by atoms with Crippen molar-refractivity contribution in [2.24, 2.45) is 0 Å². The minimum absolute atomic E-state index is 0.0492. The monoisotopic (exact) mass is 382 g/mol. The number of carbonyl (C=O) groups is 2. The lowest BCUT2D eigenvalue weighted by molar-refractivity contribution is -0.122. The lowest BCUT2D eigenvalue weighted by Gasteiger charge is -2.34. The molecule has 0 radical (unpaired) electrons. The fourth-order valence-electron chi connectivity index (χ4n) is 3.59. The van der Waals surface area contributed by atoms with E-state index in [1.807, 2.05) is 43.0 Å². The Morgan fingerprint density at radius 2 is 1.86 bits per heavy atom. The van der Waals surface area contributed by atoms with Crippen molar-refractivity contribution in [3.63, 3.8) is 0 Å². The first kappa shape index (κ1) is 20.3. The van der Waals surface area contributed by atoms with Gasteiger partial charge in [0.25, 0.3) is 5.91 Å². The van der Waals surface area contributed by atoms with Crippen molar-refractivity contribution in [1.29, 1.82) is 0 Å². The molecule has 0 saturated carbocycles. The first-order valence-corrected chi connectivity index (χ1v) is 10.1. The molecule has 3 rings (SSSR count). The van der Waals surface area contributed by atoms with Gasteiger partial charge in [-0.3, -0.25) is 19.5 Å². The highest BCUT2D eigenvalue weighted by atomic mass is 16.2. The normalized spacial score (nSPS) is 15.0. The summed E-state index contributed by atoms with van der Waals surface area (Å²) in [5.41, 5.74) is 3.54. The average molecular weight is 383 g/mol. The quantitative estimate of drug-likeness (QED) is 0.780. The third kappa shape index (κ3) is 4.87. The van der Waals surface area contributed by atoms with Crippen molar-refractivity contribution in [2.45, 2.75) is 33.6 Å². The zero-order chi connectivity index (χ0) is 20.1. The summed E-state index contributed by atoms with van der Waals surface area (Å²) in [5, 5.41) is 3.86. The molecule has 2 heterocycles. The Labute approximate surface area is 166 Å². The highest BCUT2D eigenvalue weighted by Gasteiger charge is 2.24. The lowest BCUT2D eigenvalue weighted by Crippen LogP contribution is -2.51. The zero-order valence-corrected chi connectivity index (χ0v) is 17.1. The molecule has 1 N–H and O–H groups in total. The molecule has 150 valence electrons. The number of fused-ring (bicyclic) bond motifs is 1. The molecule has 0 spiro atoms. The Hall–Kier alpha value is -2.47. The summed E-state index contributed by atoms with van der Waals surface area (Å²) in [6.45, 7) is 9.90. The number of nitrogens with one attached hydrogen (secondary N) is 1. The summed E-state index contributed by atoms with van der Waals surface area (Å²) in [4.78, 5) is 33.7. The Balaban J connectivity index is 1.64. The molecule has 1 aliphatic heterocycles. The van der Waals surface area contributed by atoms with E-state index in [4.69, 9.17) is 0 Å². The van der Waals surface area contributed by atoms with Crippen molar-refractivity contribution >= 4 is 22.7 Å². The van der Waals surface area contributed by atoms with E-state index in [9.17, 15) is 9.59 Å². The third-order valence-electron chi connectivity index (χ3n) is 5.20. The molecule has 0 bridgehead atoms. The minimum Gasteiger partial charge on any atom is -0.355 e. The van der Waals surface area contributed by atoms with Crippen molar-refractivity contribution in [3.8, 4) is 0 Å². The van der Waals surface area contributed by atoms with Gasteiger partial charge in [0, 0.05) is 43.8 Å². The smallest absolute Gasteiger partial charge is 0.254 e. The van der Waals surface area contributed by atoms with Crippen LogP contribution in [0.3, 0.4) is 0 Å². The second-order valence-corrected chi connectivity index (χ2v) is 7.60. The number of amides is 2. The van der Waals surface area contributed by atoms with Gasteiger partial charge in [0.2, 0.25) is 5.91 Å². The Kier molecular flexibility index (Phi) is 6.62. The maximum Gasteiger partial charge on any atom is 0.254 e. The predicted molar refractivity (Wildman–Crippen MR) is 111 cm³/mol. The van der Waals surface area contributed by atoms with Crippen LogP contribution in [0.5, 0.6) is 0 Å². The van der Waals surface area contributed by atoms with E-state index in [1.165, 1.54) is 0 Å². The number of unbranched alkanes of at least 4 members (excludes halogenated alkanes) is 1. The topological polar surface area (TPSA) is 65.5 Å². The molecule has 0 atom stereocenters. The molecule has 2 amide bonds. The number of benzene rings is 1. The summed E-state index contributed by atoms with van der Waals surface area (Å²) >= 11 is 0. The third-order valence-corrected chi connectivity index (χ3v) is 5.20. The van der Waals surface area contributed by atoms with Gasteiger partial charge in [0.1, 0.15) is 0 Å². The molecule has 1 aromatic carbocycles. The molecule has 1 saturated heterocycles. The number of hydrogen-bond donors (Lipinski definition) is 1. The van der Waals surface area contributed by atoms with Crippen molar-refractivity contribution in [2.75, 3.05) is 39.3 Å². The summed E-state index contributed by atoms with van der Waals surface area (Å²) < 4.78 is 0. The van der Waals surface area contributed by atoms with Gasteiger partial charge in [0.05, 0.1) is 17.6 Å². The van der Waals surface area contributed by atoms with E-state index in [-0.39, 0.29) is 11.8 Å². The van der Waals surface area contributed by atoms with Crippen LogP contribution >= 0.6 is 0 Å². The van der Waals surface area contributed by atoms with Crippen LogP contribution < -0.4 is 5.32 Å². The van der Waals surface area contributed by atoms with Crippen LogP contribution in [-0.2, 0) is 4.79 Å². The van der Waals surface area contributed by atoms with E-state index in [2.05, 4.69) is 22.1 Å². The summed E-state index contributed by atoms with van der Waals surface area (Å²) in [5.74, 6) is 0.118. The lowest BCUT2D eigenvalue weighted by atomic mass is 10.0. The second kappa shape index (κ2) is 9.15. The van der Waals surface area contributed by atoms with E-state index in [0.717, 1.165) is 47.1 Å². The molecule has 1 aromatic heterocycles. The molecule has 6 nitrogen and oxygen atoms in total. The second-order valence-electron chi connectivity index (χ2n) is 7.60. The molecule has 2 aromatic rings. The van der Waals surface area contributed by atoms with Crippen LogP contribution in [0.15, 0.2) is 24.3 Å². The fourth-order valence-corrected chi connectivity index (χ4v) is 3.59. The van der Waals surface area contributed by atoms with E-state index >= 15 is 0 Å². The van der Waals surface area contributed by atoms with Crippen molar-refractivity contribution < 1.29 is 9.59 Å². The first-order valence-electron chi connectivity index (χ1n) is 10.1. The molecule has 0 unspecified atom stereocenters. The Bertz CT molecular complexity index is 857. The number of aromatic nitrogens is 1. The van der Waals surface area contributed by atoms with Crippen molar-refractivity contribution in [3.05, 3.63) is 41.1 Å². The predicted octanol–water partition coefficient (Wildman–Crippen LogP) is 2.53. The minimum atomic E-state index is 0.0492. The van der Waals surface area contributed by atoms with Gasteiger partial charge in [-0.2, -0.15) is 0 Å². The number of nitrogens with zero attached hydrogens (tertiary/aromatic N) is 3. The van der Waals surface area contributed by atoms with E-state index < -0.39 is 0 Å². The first-order chi connectivity index (χ1) is 13.5. The van der Waals surface area contributed by atoms with Gasteiger partial charge in [-0.15, -0.1) is 0 Å². The van der Waals surface area contributed by atoms with Gasteiger partial charge >= 0.3 is 0 Å². The van der Waals surface area contributed by atoms with Crippen LogP contribution in [0.2, 0.25) is 0 Å². The molecular formula is C22H30N4O2. The van der Waals surface area contributed by atoms with Crippen LogP contribution in [0.1, 0.15) is 41.4 Å². The Morgan fingerprint density at radius 3 is 2.57 bits per heavy atom.